The molecule has 0 aliphatic carbocycles. The van der Waals surface area contributed by atoms with Gasteiger partial charge in [0.2, 0.25) is 0 Å². The van der Waals surface area contributed by atoms with Gasteiger partial charge in [-0.05, 0) is 29.9 Å². The van der Waals surface area contributed by atoms with E-state index in [2.05, 4.69) is 0 Å². The summed E-state index contributed by atoms with van der Waals surface area (Å²) in [5.41, 5.74) is 7.88. The molecular formula is C14H20FNO. The number of benzene rings is 1. The Morgan fingerprint density at radius 3 is 2.65 bits per heavy atom. The Kier molecular flexibility index (Phi) is 4.51. The molecule has 17 heavy (non-hydrogen) atoms. The first kappa shape index (κ1) is 12.5. The van der Waals surface area contributed by atoms with Crippen LogP contribution in [0.15, 0.2) is 24.3 Å². The average molecular weight is 237 g/mol. The highest BCUT2D eigenvalue weighted by atomic mass is 19.1. The van der Waals surface area contributed by atoms with E-state index in [9.17, 15) is 4.39 Å². The molecule has 2 N–H and O–H groups in total. The second-order valence-corrected chi connectivity index (χ2v) is 4.61. The Hall–Kier alpha value is -0.930. The van der Waals surface area contributed by atoms with Gasteiger partial charge >= 0.3 is 0 Å². The summed E-state index contributed by atoms with van der Waals surface area (Å²) in [6.45, 7) is 1.69. The predicted molar refractivity (Wildman–Crippen MR) is 66.6 cm³/mol. The van der Waals surface area contributed by atoms with Crippen LogP contribution in [0, 0.1) is 5.92 Å². The van der Waals surface area contributed by atoms with Crippen LogP contribution < -0.4 is 5.73 Å². The van der Waals surface area contributed by atoms with Crippen LogP contribution in [0.2, 0.25) is 0 Å². The topological polar surface area (TPSA) is 35.2 Å². The third kappa shape index (κ3) is 2.85. The Morgan fingerprint density at radius 1 is 1.29 bits per heavy atom. The fraction of sp³-hybridized carbons (Fsp3) is 0.571. The van der Waals surface area contributed by atoms with Crippen LogP contribution in [-0.4, -0.2) is 19.9 Å². The molecule has 0 spiro atoms. The predicted octanol–water partition coefficient (Wildman–Crippen LogP) is 2.63. The molecule has 1 heterocycles. The highest BCUT2D eigenvalue weighted by Gasteiger charge is 2.26. The molecule has 1 aliphatic heterocycles. The third-order valence-electron chi connectivity index (χ3n) is 3.68. The van der Waals surface area contributed by atoms with E-state index < -0.39 is 0 Å². The average Bonchev–Trinajstić information content (AvgIpc) is 2.41. The zero-order valence-corrected chi connectivity index (χ0v) is 10.1. The Morgan fingerprint density at radius 2 is 2.00 bits per heavy atom. The molecule has 0 bridgehead atoms. The molecule has 1 atom stereocenters. The van der Waals surface area contributed by atoms with Gasteiger partial charge in [-0.2, -0.15) is 0 Å². The van der Waals surface area contributed by atoms with Crippen LogP contribution in [0.5, 0.6) is 0 Å². The fourth-order valence-corrected chi connectivity index (χ4v) is 2.66. The van der Waals surface area contributed by atoms with Gasteiger partial charge < -0.3 is 10.5 Å². The van der Waals surface area contributed by atoms with Crippen molar-refractivity contribution in [2.24, 2.45) is 11.7 Å². The smallest absolute Gasteiger partial charge is 0.0965 e. The summed E-state index contributed by atoms with van der Waals surface area (Å²) in [4.78, 5) is 0. The van der Waals surface area contributed by atoms with E-state index in [1.807, 2.05) is 24.3 Å². The number of hydrogen-bond donors (Lipinski definition) is 1. The van der Waals surface area contributed by atoms with E-state index in [4.69, 9.17) is 10.5 Å². The highest BCUT2D eigenvalue weighted by molar-refractivity contribution is 5.31. The highest BCUT2D eigenvalue weighted by Crippen LogP contribution is 2.34. The van der Waals surface area contributed by atoms with Gasteiger partial charge in [0.05, 0.1) is 6.67 Å². The van der Waals surface area contributed by atoms with E-state index >= 15 is 0 Å². The van der Waals surface area contributed by atoms with E-state index in [-0.39, 0.29) is 12.6 Å². The quantitative estimate of drug-likeness (QED) is 0.873. The minimum Gasteiger partial charge on any atom is -0.381 e. The second-order valence-electron chi connectivity index (χ2n) is 4.61. The molecule has 94 valence electrons. The van der Waals surface area contributed by atoms with Crippen LogP contribution in [-0.2, 0) is 11.3 Å². The lowest BCUT2D eigenvalue weighted by atomic mass is 9.80. The van der Waals surface area contributed by atoms with Crippen molar-refractivity contribution in [2.45, 2.75) is 25.3 Å². The van der Waals surface area contributed by atoms with Gasteiger partial charge in [-0.15, -0.1) is 0 Å². The molecule has 0 radical (unpaired) electrons. The molecule has 2 rings (SSSR count). The van der Waals surface area contributed by atoms with Crippen LogP contribution in [0.3, 0.4) is 0 Å². The summed E-state index contributed by atoms with van der Waals surface area (Å²) in [7, 11) is 0. The normalized spacial score (nSPS) is 19.2. The van der Waals surface area contributed by atoms with Crippen LogP contribution in [0.25, 0.3) is 0 Å². The summed E-state index contributed by atoms with van der Waals surface area (Å²) in [5.74, 6) is 0.375. The molecule has 1 fully saturated rings. The van der Waals surface area contributed by atoms with Crippen LogP contribution >= 0.6 is 0 Å². The zero-order chi connectivity index (χ0) is 12.1. The van der Waals surface area contributed by atoms with Crippen molar-refractivity contribution in [1.29, 1.82) is 0 Å². The van der Waals surface area contributed by atoms with Crippen LogP contribution in [0.1, 0.15) is 29.9 Å². The molecular weight excluding hydrogens is 217 g/mol. The Labute approximate surface area is 102 Å². The van der Waals surface area contributed by atoms with Crippen LogP contribution in [0.4, 0.5) is 4.39 Å². The number of ether oxygens (including phenoxy) is 1. The van der Waals surface area contributed by atoms with Gasteiger partial charge in [-0.25, -0.2) is 0 Å². The van der Waals surface area contributed by atoms with Crippen molar-refractivity contribution < 1.29 is 9.13 Å². The molecule has 0 aromatic heterocycles. The number of rotatable bonds is 4. The van der Waals surface area contributed by atoms with E-state index in [1.54, 1.807) is 0 Å². The monoisotopic (exact) mass is 237 g/mol. The summed E-state index contributed by atoms with van der Waals surface area (Å²) in [6.07, 6.45) is 1.90. The largest absolute Gasteiger partial charge is 0.381 e. The summed E-state index contributed by atoms with van der Waals surface area (Å²) in [5, 5.41) is 0. The minimum absolute atomic E-state index is 0.0151. The Balaban J connectivity index is 2.21. The van der Waals surface area contributed by atoms with Crippen molar-refractivity contribution in [3.8, 4) is 0 Å². The van der Waals surface area contributed by atoms with E-state index in [0.717, 1.165) is 37.2 Å². The molecule has 3 heteroatoms. The fourth-order valence-electron chi connectivity index (χ4n) is 2.66. The first-order valence-electron chi connectivity index (χ1n) is 6.28. The zero-order valence-electron chi connectivity index (χ0n) is 10.1. The lowest BCUT2D eigenvalue weighted by Gasteiger charge is -2.30. The van der Waals surface area contributed by atoms with Crippen molar-refractivity contribution >= 4 is 0 Å². The van der Waals surface area contributed by atoms with Crippen molar-refractivity contribution in [2.75, 3.05) is 19.9 Å². The summed E-state index contributed by atoms with van der Waals surface area (Å²) < 4.78 is 18.7. The number of hydrogen-bond acceptors (Lipinski definition) is 2. The van der Waals surface area contributed by atoms with Gasteiger partial charge in [0.1, 0.15) is 0 Å². The van der Waals surface area contributed by atoms with Gasteiger partial charge in [-0.1, -0.05) is 24.3 Å². The van der Waals surface area contributed by atoms with E-state index in [1.165, 1.54) is 0 Å². The van der Waals surface area contributed by atoms with Gasteiger partial charge in [-0.3, -0.25) is 4.39 Å². The second kappa shape index (κ2) is 6.12. The lowest BCUT2D eigenvalue weighted by Crippen LogP contribution is -2.24. The maximum absolute atomic E-state index is 13.4. The molecule has 1 aliphatic rings. The molecule has 1 unspecified atom stereocenters. The number of alkyl halides is 1. The van der Waals surface area contributed by atoms with Gasteiger partial charge in [0.25, 0.3) is 0 Å². The van der Waals surface area contributed by atoms with E-state index in [0.29, 0.717) is 12.5 Å². The van der Waals surface area contributed by atoms with Crippen molar-refractivity contribution in [3.05, 3.63) is 35.4 Å². The lowest BCUT2D eigenvalue weighted by molar-refractivity contribution is 0.0546. The summed E-state index contributed by atoms with van der Waals surface area (Å²) in [6, 6.07) is 7.95. The SMILES string of the molecule is NCc1ccccc1C(CF)C1CCOCC1. The molecule has 1 saturated heterocycles. The molecule has 1 aromatic carbocycles. The molecule has 0 saturated carbocycles. The van der Waals surface area contributed by atoms with Crippen molar-refractivity contribution in [3.63, 3.8) is 0 Å². The maximum Gasteiger partial charge on any atom is 0.0965 e. The van der Waals surface area contributed by atoms with Gasteiger partial charge in [0, 0.05) is 25.7 Å². The van der Waals surface area contributed by atoms with Gasteiger partial charge in [0.15, 0.2) is 0 Å². The number of nitrogens with two attached hydrogens (primary N) is 1. The standard InChI is InChI=1S/C14H20FNO/c15-9-14(11-5-7-17-8-6-11)13-4-2-1-3-12(13)10-16/h1-4,11,14H,5-10,16H2. The molecule has 2 nitrogen and oxygen atoms in total. The maximum atomic E-state index is 13.4. The Bertz CT molecular complexity index is 350. The summed E-state index contributed by atoms with van der Waals surface area (Å²) >= 11 is 0. The first-order valence-corrected chi connectivity index (χ1v) is 6.28. The molecule has 1 aromatic rings. The number of halogens is 1. The minimum atomic E-state index is -0.304. The molecule has 0 amide bonds. The first-order chi connectivity index (χ1) is 8.36. The third-order valence-corrected chi connectivity index (χ3v) is 3.68. The van der Waals surface area contributed by atoms with Crippen molar-refractivity contribution in [1.82, 2.24) is 0 Å².